The number of aromatic nitrogens is 6. The number of hydrogen-bond donors (Lipinski definition) is 5. The second-order valence-corrected chi connectivity index (χ2v) is 15.1. The molecule has 5 N–H and O–H groups in total. The molecule has 276 valence electrons. The van der Waals surface area contributed by atoms with Crippen LogP contribution < -0.4 is 26.5 Å². The normalized spacial score (nSPS) is 21.2. The van der Waals surface area contributed by atoms with Crippen molar-refractivity contribution in [2.45, 2.75) is 76.8 Å². The summed E-state index contributed by atoms with van der Waals surface area (Å²) in [5.74, 6) is -0.161. The minimum Gasteiger partial charge on any atom is -0.390 e. The Morgan fingerprint density at radius 3 is 2.60 bits per heavy atom. The Morgan fingerprint density at radius 2 is 1.87 bits per heavy atom. The molecule has 0 spiro atoms. The van der Waals surface area contributed by atoms with E-state index in [-0.39, 0.29) is 40.6 Å². The third kappa shape index (κ3) is 6.92. The molecule has 4 atom stereocenters. The fraction of sp³-hybridized carbons (Fsp3) is 0.472. The average Bonchev–Trinajstić information content (AvgIpc) is 3.53. The van der Waals surface area contributed by atoms with Gasteiger partial charge in [-0.1, -0.05) is 18.5 Å². The molecule has 5 heterocycles. The first-order chi connectivity index (χ1) is 24.7. The Balaban J connectivity index is 1.05. The number of aryl methyl sites for hydroxylation is 3. The fourth-order valence-corrected chi connectivity index (χ4v) is 7.49. The Kier molecular flexibility index (Phi) is 9.38. The molecule has 0 radical (unpaired) electrons. The van der Waals surface area contributed by atoms with Gasteiger partial charge in [0, 0.05) is 56.5 Å². The largest absolute Gasteiger partial charge is 0.390 e. The molecule has 2 aromatic carbocycles. The summed E-state index contributed by atoms with van der Waals surface area (Å²) in [6, 6.07) is 9.24. The molecule has 7 rings (SSSR count). The zero-order valence-corrected chi connectivity index (χ0v) is 30.6. The summed E-state index contributed by atoms with van der Waals surface area (Å²) < 4.78 is 19.9. The fourth-order valence-electron chi connectivity index (χ4n) is 7.35. The van der Waals surface area contributed by atoms with E-state index in [1.54, 1.807) is 24.6 Å². The number of hydrogen-bond acceptors (Lipinski definition) is 10. The summed E-state index contributed by atoms with van der Waals surface area (Å²) in [7, 11) is 3.40. The monoisotopic (exact) mass is 734 g/mol. The van der Waals surface area contributed by atoms with Crippen molar-refractivity contribution in [2.75, 3.05) is 28.6 Å². The number of amides is 1. The summed E-state index contributed by atoms with van der Waals surface area (Å²) in [5, 5.41) is 35.4. The average molecular weight is 735 g/mol. The number of rotatable bonds is 9. The first-order valence-corrected chi connectivity index (χ1v) is 17.9. The first kappa shape index (κ1) is 35.7. The van der Waals surface area contributed by atoms with Gasteiger partial charge in [0.2, 0.25) is 11.9 Å². The molecule has 2 saturated heterocycles. The predicted molar refractivity (Wildman–Crippen MR) is 199 cm³/mol. The zero-order valence-electron chi connectivity index (χ0n) is 29.8. The number of fused-ring (bicyclic) bond motifs is 2. The van der Waals surface area contributed by atoms with Crippen LogP contribution in [0.1, 0.15) is 58.1 Å². The van der Waals surface area contributed by atoms with Crippen molar-refractivity contribution in [1.82, 2.24) is 34.2 Å². The van der Waals surface area contributed by atoms with E-state index in [4.69, 9.17) is 16.6 Å². The zero-order chi connectivity index (χ0) is 37.1. The second-order valence-electron chi connectivity index (χ2n) is 14.7. The van der Waals surface area contributed by atoms with E-state index in [1.165, 1.54) is 28.4 Å². The molecule has 14 nitrogen and oxygen atoms in total. The van der Waals surface area contributed by atoms with Gasteiger partial charge in [0.05, 0.1) is 34.4 Å². The van der Waals surface area contributed by atoms with Crippen molar-refractivity contribution < 1.29 is 19.4 Å². The molecule has 2 aliphatic rings. The van der Waals surface area contributed by atoms with Gasteiger partial charge in [0.25, 0.3) is 0 Å². The quantitative estimate of drug-likeness (QED) is 0.147. The summed E-state index contributed by atoms with van der Waals surface area (Å²) in [6.07, 6.45) is 2.87. The molecule has 2 aliphatic heterocycles. The topological polar surface area (TPSA) is 167 Å². The van der Waals surface area contributed by atoms with E-state index in [9.17, 15) is 19.8 Å². The van der Waals surface area contributed by atoms with Crippen LogP contribution in [-0.4, -0.2) is 76.0 Å². The lowest BCUT2D eigenvalue weighted by Crippen LogP contribution is -2.46. The number of halogens is 2. The van der Waals surface area contributed by atoms with Crippen LogP contribution in [0.5, 0.6) is 0 Å². The van der Waals surface area contributed by atoms with Crippen molar-refractivity contribution in [1.29, 1.82) is 0 Å². The number of nitrogens with zero attached hydrogens (tertiary/aromatic N) is 7. The number of carbonyl (C=O) groups excluding carboxylic acids is 1. The minimum absolute atomic E-state index is 0.172. The summed E-state index contributed by atoms with van der Waals surface area (Å²) >= 11 is 6.52. The van der Waals surface area contributed by atoms with Gasteiger partial charge in [-0.15, -0.1) is 0 Å². The van der Waals surface area contributed by atoms with Crippen LogP contribution in [0.2, 0.25) is 5.02 Å². The molecule has 1 amide bonds. The molecule has 16 heteroatoms. The van der Waals surface area contributed by atoms with Crippen LogP contribution in [0.3, 0.4) is 0 Å². The summed E-state index contributed by atoms with van der Waals surface area (Å²) in [5.41, 5.74) is 2.17. The van der Waals surface area contributed by atoms with Crippen molar-refractivity contribution in [3.05, 3.63) is 63.5 Å². The summed E-state index contributed by atoms with van der Waals surface area (Å²) in [4.78, 5) is 36.9. The number of anilines is 4. The lowest BCUT2D eigenvalue weighted by atomic mass is 9.92. The van der Waals surface area contributed by atoms with Gasteiger partial charge in [0.1, 0.15) is 16.8 Å². The maximum atomic E-state index is 15.4. The maximum Gasteiger partial charge on any atom is 0.328 e. The van der Waals surface area contributed by atoms with Crippen molar-refractivity contribution in [3.63, 3.8) is 0 Å². The Morgan fingerprint density at radius 1 is 1.10 bits per heavy atom. The Labute approximate surface area is 304 Å². The summed E-state index contributed by atoms with van der Waals surface area (Å²) in [6.45, 7) is 7.08. The maximum absolute atomic E-state index is 15.4. The predicted octanol–water partition coefficient (Wildman–Crippen LogP) is 4.35. The molecule has 0 aliphatic carbocycles. The van der Waals surface area contributed by atoms with Crippen LogP contribution >= 0.6 is 11.6 Å². The Bertz CT molecular complexity index is 2230. The third-order valence-corrected chi connectivity index (χ3v) is 10.5. The smallest absolute Gasteiger partial charge is 0.328 e. The highest BCUT2D eigenvalue weighted by Crippen LogP contribution is 2.34. The highest BCUT2D eigenvalue weighted by molar-refractivity contribution is 6.32. The van der Waals surface area contributed by atoms with Gasteiger partial charge in [-0.05, 0) is 75.8 Å². The number of nitrogens with one attached hydrogen (secondary N) is 3. The van der Waals surface area contributed by atoms with Crippen molar-refractivity contribution >= 4 is 62.6 Å². The minimum atomic E-state index is -0.996. The van der Waals surface area contributed by atoms with E-state index < -0.39 is 23.6 Å². The molecule has 2 unspecified atom stereocenters. The SMILES string of the molecule is C[C@@H]1CN(c2ncc(Cl)c(Nc3cc(F)c4c(c3)n(CCC(C)(C)O)c(=O)n4C)n2)CC[C@H]1Nc1ccc2c(C3CCC(O)NC3=O)nn(C)c2c1. The molecular weight excluding hydrogens is 691 g/mol. The lowest BCUT2D eigenvalue weighted by molar-refractivity contribution is -0.128. The van der Waals surface area contributed by atoms with Gasteiger partial charge >= 0.3 is 5.69 Å². The highest BCUT2D eigenvalue weighted by atomic mass is 35.5. The van der Waals surface area contributed by atoms with E-state index in [0.717, 1.165) is 28.7 Å². The van der Waals surface area contributed by atoms with Crippen LogP contribution in [0.4, 0.5) is 27.5 Å². The lowest BCUT2D eigenvalue weighted by Gasteiger charge is -2.37. The van der Waals surface area contributed by atoms with Gasteiger partial charge in [-0.25, -0.2) is 14.2 Å². The molecule has 0 bridgehead atoms. The van der Waals surface area contributed by atoms with Crippen LogP contribution in [0.15, 0.2) is 41.3 Å². The molecule has 52 heavy (non-hydrogen) atoms. The Hall–Kier alpha value is -4.73. The second kappa shape index (κ2) is 13.7. The molecule has 0 saturated carbocycles. The van der Waals surface area contributed by atoms with Crippen LogP contribution in [-0.2, 0) is 25.4 Å². The van der Waals surface area contributed by atoms with E-state index in [0.29, 0.717) is 55.3 Å². The number of imidazole rings is 1. The number of carbonyl (C=O) groups is 1. The van der Waals surface area contributed by atoms with Crippen molar-refractivity contribution in [2.24, 2.45) is 20.0 Å². The molecule has 2 fully saturated rings. The van der Waals surface area contributed by atoms with Gasteiger partial charge in [-0.3, -0.25) is 18.6 Å². The van der Waals surface area contributed by atoms with Gasteiger partial charge in [-0.2, -0.15) is 10.1 Å². The number of aliphatic hydroxyl groups is 2. The number of benzene rings is 2. The number of aliphatic hydroxyl groups excluding tert-OH is 1. The first-order valence-electron chi connectivity index (χ1n) is 17.5. The molecule has 3 aromatic heterocycles. The van der Waals surface area contributed by atoms with E-state index in [1.807, 2.05) is 19.2 Å². The highest BCUT2D eigenvalue weighted by Gasteiger charge is 2.32. The van der Waals surface area contributed by atoms with E-state index in [2.05, 4.69) is 43.9 Å². The van der Waals surface area contributed by atoms with Crippen LogP contribution in [0.25, 0.3) is 21.9 Å². The molecule has 5 aromatic rings. The standard InChI is InChI=1S/C36H44ClFN10O4/c1-19-18-47(12-10-26(19)40-20-6-7-22-27(15-20)46(5)44-30(22)23-8-9-29(49)42-33(23)50)34-39-17-24(37)32(43-34)41-21-14-25(38)31-28(16-21)48(35(51)45(31)4)13-11-36(2,3)52/h6-7,14-17,19,23,26,29,40,49,52H,8-13,18H2,1-5H3,(H,42,50)(H,39,41,43)/t19-,23?,26-,29?/m1/s1. The van der Waals surface area contributed by atoms with E-state index >= 15 is 4.39 Å². The van der Waals surface area contributed by atoms with Crippen LogP contribution in [0, 0.1) is 11.7 Å². The number of piperidine rings is 2. The molecular formula is C36H44ClFN10O4. The van der Waals surface area contributed by atoms with Crippen molar-refractivity contribution in [3.8, 4) is 0 Å². The van der Waals surface area contributed by atoms with Gasteiger partial charge in [0.15, 0.2) is 11.6 Å². The van der Waals surface area contributed by atoms with Gasteiger partial charge < -0.3 is 31.1 Å². The third-order valence-electron chi connectivity index (χ3n) is 10.2.